The number of carbonyl (C=O) groups excluding carboxylic acids is 3. The summed E-state index contributed by atoms with van der Waals surface area (Å²) in [6, 6.07) is 34.1. The third kappa shape index (κ3) is 5.41. The fraction of sp³-hybridized carbons (Fsp3) is 0.0882. The van der Waals surface area contributed by atoms with Gasteiger partial charge in [-0.25, -0.2) is 0 Å². The number of anilines is 1. The maximum Gasteiger partial charge on any atom is 0.297 e. The van der Waals surface area contributed by atoms with Gasteiger partial charge in [0, 0.05) is 11.1 Å². The maximum atomic E-state index is 14.0. The lowest BCUT2D eigenvalue weighted by molar-refractivity contribution is -0.135. The van der Waals surface area contributed by atoms with E-state index < -0.39 is 29.4 Å². The van der Waals surface area contributed by atoms with Gasteiger partial charge in [-0.2, -0.15) is 0 Å². The molecule has 0 bridgehead atoms. The molecule has 0 aliphatic carbocycles. The van der Waals surface area contributed by atoms with Crippen LogP contribution in [0.1, 0.15) is 27.7 Å². The van der Waals surface area contributed by atoms with Gasteiger partial charge in [-0.15, -0.1) is 10.2 Å². The second-order valence-corrected chi connectivity index (χ2v) is 12.3. The van der Waals surface area contributed by atoms with Gasteiger partial charge in [-0.1, -0.05) is 102 Å². The largest absolute Gasteiger partial charge is 0.457 e. The first-order valence-electron chi connectivity index (χ1n) is 13.8. The highest BCUT2D eigenvalue weighted by atomic mass is 32.2. The fourth-order valence-corrected chi connectivity index (χ4v) is 7.03. The molecule has 44 heavy (non-hydrogen) atoms. The molecule has 1 amide bonds. The molecule has 1 fully saturated rings. The Balaban J connectivity index is 1.26. The van der Waals surface area contributed by atoms with Crippen molar-refractivity contribution >= 4 is 56.7 Å². The Morgan fingerprint density at radius 1 is 0.841 bits per heavy atom. The number of Topliss-reactive ketones (excluding diaryl/α,β-unsaturated/α-hetero) is 2. The Labute approximate surface area is 260 Å². The lowest BCUT2D eigenvalue weighted by Crippen LogP contribution is -2.30. The van der Waals surface area contributed by atoms with E-state index >= 15 is 0 Å². The van der Waals surface area contributed by atoms with E-state index in [0.717, 1.165) is 10.9 Å². The summed E-state index contributed by atoms with van der Waals surface area (Å²) in [6.45, 7) is 0. The van der Waals surface area contributed by atoms with Crippen LogP contribution in [0.2, 0.25) is 0 Å². The van der Waals surface area contributed by atoms with E-state index in [0.29, 0.717) is 32.7 Å². The number of ketones is 2. The molecule has 3 heterocycles. The minimum atomic E-state index is -1.36. The fourth-order valence-electron chi connectivity index (χ4n) is 5.20. The molecule has 2 aromatic heterocycles. The van der Waals surface area contributed by atoms with Gasteiger partial charge in [0.1, 0.15) is 23.0 Å². The Morgan fingerprint density at radius 3 is 2.36 bits per heavy atom. The summed E-state index contributed by atoms with van der Waals surface area (Å²) < 4.78 is 12.5. The van der Waals surface area contributed by atoms with Crippen molar-refractivity contribution in [2.24, 2.45) is 5.92 Å². The van der Waals surface area contributed by atoms with Crippen LogP contribution in [0.4, 0.5) is 5.13 Å². The molecule has 1 aliphatic heterocycles. The van der Waals surface area contributed by atoms with Gasteiger partial charge in [0.05, 0.1) is 6.04 Å². The number of thioether (sulfide) groups is 1. The molecule has 2 unspecified atom stereocenters. The van der Waals surface area contributed by atoms with Crippen molar-refractivity contribution in [3.05, 3.63) is 132 Å². The number of rotatable bonds is 9. The van der Waals surface area contributed by atoms with Crippen molar-refractivity contribution in [3.63, 3.8) is 0 Å². The molecule has 2 atom stereocenters. The molecule has 6 aromatic rings. The minimum Gasteiger partial charge on any atom is -0.457 e. The number of benzene rings is 4. The highest BCUT2D eigenvalue weighted by Gasteiger charge is 2.54. The van der Waals surface area contributed by atoms with Crippen LogP contribution < -0.4 is 9.64 Å². The molecule has 8 nitrogen and oxygen atoms in total. The summed E-state index contributed by atoms with van der Waals surface area (Å²) >= 11 is 2.68. The van der Waals surface area contributed by atoms with Gasteiger partial charge in [0.25, 0.3) is 5.91 Å². The summed E-state index contributed by atoms with van der Waals surface area (Å²) in [5.41, 5.74) is 2.18. The molecular weight excluding hydrogens is 595 g/mol. The highest BCUT2D eigenvalue weighted by molar-refractivity contribution is 8.00. The molecule has 0 spiro atoms. The van der Waals surface area contributed by atoms with E-state index in [1.165, 1.54) is 28.0 Å². The third-order valence-electron chi connectivity index (χ3n) is 7.24. The van der Waals surface area contributed by atoms with E-state index in [1.54, 1.807) is 42.5 Å². The second kappa shape index (κ2) is 11.9. The number of furan rings is 1. The standard InChI is InChI=1S/C34H23N3O5S2/c38-30(27-19-22-12-7-8-17-26(22)42-27)28-29(23-13-9-16-25(18-23)41-24-14-5-2-6-15-24)37(32(40)31(28)39)33-35-36-34(44-33)43-20-21-10-3-1-4-11-21/h1-19,28-29H,20H2. The molecule has 216 valence electrons. The minimum absolute atomic E-state index is 0.0114. The zero-order valence-corrected chi connectivity index (χ0v) is 24.7. The van der Waals surface area contributed by atoms with E-state index in [1.807, 2.05) is 72.8 Å². The van der Waals surface area contributed by atoms with Gasteiger partial charge in [0.15, 0.2) is 10.1 Å². The Bertz CT molecular complexity index is 1960. The van der Waals surface area contributed by atoms with Gasteiger partial charge in [0.2, 0.25) is 16.7 Å². The zero-order chi connectivity index (χ0) is 30.0. The van der Waals surface area contributed by atoms with Gasteiger partial charge in [-0.05, 0) is 47.5 Å². The predicted molar refractivity (Wildman–Crippen MR) is 168 cm³/mol. The van der Waals surface area contributed by atoms with Crippen molar-refractivity contribution < 1.29 is 23.5 Å². The summed E-state index contributed by atoms with van der Waals surface area (Å²) in [6.07, 6.45) is 0. The number of carbonyl (C=O) groups is 3. The Morgan fingerprint density at radius 2 is 1.57 bits per heavy atom. The van der Waals surface area contributed by atoms with Crippen molar-refractivity contribution in [3.8, 4) is 11.5 Å². The molecule has 0 N–H and O–H groups in total. The monoisotopic (exact) mass is 617 g/mol. The molecule has 1 aliphatic rings. The number of ether oxygens (including phenoxy) is 1. The summed E-state index contributed by atoms with van der Waals surface area (Å²) in [5, 5.41) is 9.55. The van der Waals surface area contributed by atoms with Crippen molar-refractivity contribution in [1.29, 1.82) is 0 Å². The van der Waals surface area contributed by atoms with E-state index in [-0.39, 0.29) is 10.9 Å². The van der Waals surface area contributed by atoms with Gasteiger partial charge < -0.3 is 9.15 Å². The number of fused-ring (bicyclic) bond motifs is 1. The molecule has 0 saturated carbocycles. The molecule has 10 heteroatoms. The molecule has 1 saturated heterocycles. The SMILES string of the molecule is O=C1C(=O)N(c2nnc(SCc3ccccc3)s2)C(c2cccc(Oc3ccccc3)c2)C1C(=O)c1cc2ccccc2o1. The van der Waals surface area contributed by atoms with Crippen LogP contribution >= 0.6 is 23.1 Å². The quantitative estimate of drug-likeness (QED) is 0.0540. The maximum absolute atomic E-state index is 14.0. The van der Waals surface area contributed by atoms with Gasteiger partial charge in [-0.3, -0.25) is 19.3 Å². The number of hydrogen-bond acceptors (Lipinski definition) is 9. The van der Waals surface area contributed by atoms with Crippen LogP contribution in [-0.4, -0.2) is 27.7 Å². The van der Waals surface area contributed by atoms with Crippen LogP contribution in [0.25, 0.3) is 11.0 Å². The smallest absolute Gasteiger partial charge is 0.297 e. The van der Waals surface area contributed by atoms with Crippen LogP contribution in [0, 0.1) is 5.92 Å². The van der Waals surface area contributed by atoms with E-state index in [9.17, 15) is 14.4 Å². The van der Waals surface area contributed by atoms with E-state index in [2.05, 4.69) is 10.2 Å². The first-order valence-corrected chi connectivity index (χ1v) is 15.6. The Kier molecular flexibility index (Phi) is 7.51. The summed E-state index contributed by atoms with van der Waals surface area (Å²) in [7, 11) is 0. The van der Waals surface area contributed by atoms with Crippen molar-refractivity contribution in [1.82, 2.24) is 10.2 Å². The van der Waals surface area contributed by atoms with Crippen LogP contribution in [0.15, 0.2) is 124 Å². The molecular formula is C34H23N3O5S2. The summed E-state index contributed by atoms with van der Waals surface area (Å²) in [4.78, 5) is 42.6. The first kappa shape index (κ1) is 27.8. The number of para-hydroxylation sites is 2. The second-order valence-electron chi connectivity index (χ2n) is 10.1. The number of aromatic nitrogens is 2. The van der Waals surface area contributed by atoms with Crippen LogP contribution in [0.3, 0.4) is 0 Å². The van der Waals surface area contributed by atoms with Crippen molar-refractivity contribution in [2.45, 2.75) is 16.1 Å². The van der Waals surface area contributed by atoms with E-state index in [4.69, 9.17) is 9.15 Å². The lowest BCUT2D eigenvalue weighted by atomic mass is 9.88. The van der Waals surface area contributed by atoms with Crippen LogP contribution in [0.5, 0.6) is 11.5 Å². The number of nitrogens with zero attached hydrogens (tertiary/aromatic N) is 3. The zero-order valence-electron chi connectivity index (χ0n) is 23.0. The average Bonchev–Trinajstić information content (AvgIpc) is 3.77. The van der Waals surface area contributed by atoms with Crippen LogP contribution in [-0.2, 0) is 15.3 Å². The number of amides is 1. The lowest BCUT2D eigenvalue weighted by Gasteiger charge is -2.24. The number of hydrogen-bond donors (Lipinski definition) is 0. The first-order chi connectivity index (χ1) is 21.5. The molecule has 0 radical (unpaired) electrons. The average molecular weight is 618 g/mol. The van der Waals surface area contributed by atoms with Gasteiger partial charge >= 0.3 is 0 Å². The third-order valence-corrected chi connectivity index (χ3v) is 9.37. The molecule has 7 rings (SSSR count). The Hall–Kier alpha value is -5.06. The van der Waals surface area contributed by atoms with Crippen molar-refractivity contribution in [2.75, 3.05) is 4.90 Å². The topological polar surface area (TPSA) is 103 Å². The molecule has 4 aromatic carbocycles. The summed E-state index contributed by atoms with van der Waals surface area (Å²) in [5.74, 6) is -1.80. The highest BCUT2D eigenvalue weighted by Crippen LogP contribution is 2.44. The predicted octanol–water partition coefficient (Wildman–Crippen LogP) is 7.53. The normalized spacial score (nSPS) is 16.5.